The van der Waals surface area contributed by atoms with Gasteiger partial charge in [0.05, 0.1) is 19.4 Å². The molecule has 6 heteroatoms. The summed E-state index contributed by atoms with van der Waals surface area (Å²) in [6.45, 7) is 8.99. The first-order chi connectivity index (χ1) is 10.2. The summed E-state index contributed by atoms with van der Waals surface area (Å²) in [5, 5.41) is 0.660. The fourth-order valence-corrected chi connectivity index (χ4v) is 3.43. The molecule has 1 atom stereocenters. The average Bonchev–Trinajstić information content (AvgIpc) is 2.51. The normalized spacial score (nSPS) is 24.3. The van der Waals surface area contributed by atoms with Crippen molar-refractivity contribution < 1.29 is 4.74 Å². The number of aryl methyl sites for hydroxylation is 1. The van der Waals surface area contributed by atoms with Crippen molar-refractivity contribution in [1.29, 1.82) is 0 Å². The molecule has 0 bridgehead atoms. The van der Waals surface area contributed by atoms with E-state index in [1.54, 1.807) is 6.20 Å². The van der Waals surface area contributed by atoms with Crippen LogP contribution in [0.25, 0.3) is 0 Å². The van der Waals surface area contributed by atoms with Gasteiger partial charge in [0.15, 0.2) is 5.82 Å². The van der Waals surface area contributed by atoms with Crippen molar-refractivity contribution in [2.75, 3.05) is 50.8 Å². The third-order valence-corrected chi connectivity index (χ3v) is 4.55. The number of anilines is 1. The van der Waals surface area contributed by atoms with Crippen molar-refractivity contribution in [3.63, 3.8) is 0 Å². The number of halogens is 1. The van der Waals surface area contributed by atoms with Gasteiger partial charge in [-0.1, -0.05) is 11.6 Å². The van der Waals surface area contributed by atoms with E-state index in [-0.39, 0.29) is 0 Å². The van der Waals surface area contributed by atoms with Crippen LogP contribution in [0.4, 0.5) is 5.82 Å². The van der Waals surface area contributed by atoms with Crippen molar-refractivity contribution >= 4 is 17.4 Å². The molecular weight excluding hydrogens is 288 g/mol. The van der Waals surface area contributed by atoms with E-state index in [2.05, 4.69) is 19.8 Å². The predicted octanol–water partition coefficient (Wildman–Crippen LogP) is 1.99. The number of hydrogen-bond acceptors (Lipinski definition) is 5. The fraction of sp³-hybridized carbons (Fsp3) is 0.733. The molecule has 21 heavy (non-hydrogen) atoms. The van der Waals surface area contributed by atoms with Crippen LogP contribution >= 0.6 is 11.6 Å². The second kappa shape index (κ2) is 6.90. The largest absolute Gasteiger partial charge is 0.379 e. The van der Waals surface area contributed by atoms with Crippen LogP contribution in [0.1, 0.15) is 18.7 Å². The maximum atomic E-state index is 6.28. The van der Waals surface area contributed by atoms with Gasteiger partial charge >= 0.3 is 0 Å². The Morgan fingerprint density at radius 1 is 1.33 bits per heavy atom. The number of nitrogens with zero attached hydrogens (tertiary/aromatic N) is 4. The van der Waals surface area contributed by atoms with E-state index in [1.165, 1.54) is 12.8 Å². The number of piperidine rings is 1. The molecule has 3 heterocycles. The number of hydrogen-bond donors (Lipinski definition) is 0. The van der Waals surface area contributed by atoms with Crippen LogP contribution in [0.2, 0.25) is 5.02 Å². The monoisotopic (exact) mass is 310 g/mol. The smallest absolute Gasteiger partial charge is 0.151 e. The topological polar surface area (TPSA) is 41.5 Å². The average molecular weight is 311 g/mol. The molecule has 116 valence electrons. The van der Waals surface area contributed by atoms with E-state index >= 15 is 0 Å². The number of morpholine rings is 1. The van der Waals surface area contributed by atoms with Gasteiger partial charge in [0.25, 0.3) is 0 Å². The zero-order valence-electron chi connectivity index (χ0n) is 12.6. The second-order valence-corrected chi connectivity index (χ2v) is 6.36. The van der Waals surface area contributed by atoms with E-state index in [9.17, 15) is 0 Å². The fourth-order valence-electron chi connectivity index (χ4n) is 3.22. The van der Waals surface area contributed by atoms with Crippen LogP contribution in [-0.4, -0.2) is 60.8 Å². The van der Waals surface area contributed by atoms with Crippen molar-refractivity contribution in [2.24, 2.45) is 5.92 Å². The number of ether oxygens (including phenoxy) is 1. The van der Waals surface area contributed by atoms with Crippen molar-refractivity contribution in [3.8, 4) is 0 Å². The maximum absolute atomic E-state index is 6.28. The summed E-state index contributed by atoms with van der Waals surface area (Å²) >= 11 is 6.28. The van der Waals surface area contributed by atoms with Gasteiger partial charge in [-0.2, -0.15) is 0 Å². The summed E-state index contributed by atoms with van der Waals surface area (Å²) in [6, 6.07) is 0. The van der Waals surface area contributed by atoms with Gasteiger partial charge in [-0.15, -0.1) is 0 Å². The molecule has 1 aromatic heterocycles. The lowest BCUT2D eigenvalue weighted by molar-refractivity contribution is 0.0296. The third-order valence-electron chi connectivity index (χ3n) is 4.28. The molecule has 0 radical (unpaired) electrons. The van der Waals surface area contributed by atoms with E-state index < -0.39 is 0 Å². The summed E-state index contributed by atoms with van der Waals surface area (Å²) < 4.78 is 5.42. The Morgan fingerprint density at radius 3 is 2.95 bits per heavy atom. The Morgan fingerprint density at radius 2 is 2.14 bits per heavy atom. The molecule has 2 aliphatic heterocycles. The predicted molar refractivity (Wildman–Crippen MR) is 84.0 cm³/mol. The molecule has 0 aromatic carbocycles. The van der Waals surface area contributed by atoms with Gasteiger partial charge in [-0.25, -0.2) is 9.97 Å². The molecule has 1 aromatic rings. The van der Waals surface area contributed by atoms with Gasteiger partial charge < -0.3 is 9.64 Å². The first-order valence-electron chi connectivity index (χ1n) is 7.76. The lowest BCUT2D eigenvalue weighted by atomic mass is 9.97. The summed E-state index contributed by atoms with van der Waals surface area (Å²) in [5.74, 6) is 2.36. The minimum Gasteiger partial charge on any atom is -0.379 e. The van der Waals surface area contributed by atoms with Gasteiger partial charge in [-0.05, 0) is 25.7 Å². The van der Waals surface area contributed by atoms with Crippen molar-refractivity contribution in [3.05, 3.63) is 17.0 Å². The molecule has 0 amide bonds. The molecule has 0 aliphatic carbocycles. The molecule has 0 saturated carbocycles. The van der Waals surface area contributed by atoms with E-state index in [1.807, 2.05) is 6.92 Å². The highest BCUT2D eigenvalue weighted by atomic mass is 35.5. The lowest BCUT2D eigenvalue weighted by Crippen LogP contribution is -2.44. The summed E-state index contributed by atoms with van der Waals surface area (Å²) in [5.41, 5.74) is 0. The summed E-state index contributed by atoms with van der Waals surface area (Å²) in [6.07, 6.45) is 4.20. The van der Waals surface area contributed by atoms with E-state index in [4.69, 9.17) is 16.3 Å². The Kier molecular flexibility index (Phi) is 4.93. The number of rotatable bonds is 3. The van der Waals surface area contributed by atoms with Gasteiger partial charge in [0.1, 0.15) is 10.8 Å². The SMILES string of the molecule is Cc1ncc(Cl)c(N2CCCC(CN3CCOCC3)C2)n1. The third kappa shape index (κ3) is 3.84. The minimum atomic E-state index is 0.660. The van der Waals surface area contributed by atoms with Crippen LogP contribution in [-0.2, 0) is 4.74 Å². The molecule has 0 N–H and O–H groups in total. The molecule has 0 spiro atoms. The van der Waals surface area contributed by atoms with Crippen LogP contribution in [0.5, 0.6) is 0 Å². The van der Waals surface area contributed by atoms with Crippen LogP contribution < -0.4 is 4.90 Å². The van der Waals surface area contributed by atoms with Crippen LogP contribution in [0, 0.1) is 12.8 Å². The molecular formula is C15H23ClN4O. The minimum absolute atomic E-state index is 0.660. The summed E-state index contributed by atoms with van der Waals surface area (Å²) in [4.78, 5) is 13.5. The van der Waals surface area contributed by atoms with Crippen molar-refractivity contribution in [2.45, 2.75) is 19.8 Å². The highest BCUT2D eigenvalue weighted by Gasteiger charge is 2.25. The Balaban J connectivity index is 1.63. The zero-order valence-corrected chi connectivity index (χ0v) is 13.3. The Labute approximate surface area is 131 Å². The highest BCUT2D eigenvalue weighted by Crippen LogP contribution is 2.27. The quantitative estimate of drug-likeness (QED) is 0.854. The Bertz CT molecular complexity index is 479. The number of aromatic nitrogens is 2. The molecule has 5 nitrogen and oxygen atoms in total. The second-order valence-electron chi connectivity index (χ2n) is 5.96. The Hall–Kier alpha value is -0.910. The van der Waals surface area contributed by atoms with Crippen molar-refractivity contribution in [1.82, 2.24) is 14.9 Å². The molecule has 3 rings (SSSR count). The first kappa shape index (κ1) is 15.0. The molecule has 1 unspecified atom stereocenters. The van der Waals surface area contributed by atoms with Gasteiger partial charge in [0.2, 0.25) is 0 Å². The lowest BCUT2D eigenvalue weighted by Gasteiger charge is -2.37. The van der Waals surface area contributed by atoms with Gasteiger partial charge in [-0.3, -0.25) is 4.90 Å². The van der Waals surface area contributed by atoms with Gasteiger partial charge in [0, 0.05) is 32.7 Å². The van der Waals surface area contributed by atoms with Crippen LogP contribution in [0.3, 0.4) is 0 Å². The highest BCUT2D eigenvalue weighted by molar-refractivity contribution is 6.32. The van der Waals surface area contributed by atoms with E-state index in [0.29, 0.717) is 10.9 Å². The maximum Gasteiger partial charge on any atom is 0.151 e. The molecule has 2 fully saturated rings. The first-order valence-corrected chi connectivity index (χ1v) is 8.14. The standard InChI is InChI=1S/C15H23ClN4O/c1-12-17-9-14(16)15(18-12)20-4-2-3-13(11-20)10-19-5-7-21-8-6-19/h9,13H,2-8,10-11H2,1H3. The zero-order chi connectivity index (χ0) is 14.7. The molecule has 2 aliphatic rings. The molecule has 2 saturated heterocycles. The summed E-state index contributed by atoms with van der Waals surface area (Å²) in [7, 11) is 0. The van der Waals surface area contributed by atoms with Crippen LogP contribution in [0.15, 0.2) is 6.20 Å². The van der Waals surface area contributed by atoms with E-state index in [0.717, 1.165) is 57.6 Å².